The van der Waals surface area contributed by atoms with Crippen LogP contribution in [0, 0.1) is 11.3 Å². The molecule has 0 aliphatic carbocycles. The van der Waals surface area contributed by atoms with Crippen molar-refractivity contribution in [3.63, 3.8) is 0 Å². The Labute approximate surface area is 152 Å². The average molecular weight is 353 g/mol. The number of hydrogen-bond acceptors (Lipinski definition) is 5. The molecule has 2 heterocycles. The van der Waals surface area contributed by atoms with Gasteiger partial charge in [0.05, 0.1) is 0 Å². The van der Waals surface area contributed by atoms with Crippen molar-refractivity contribution in [2.24, 2.45) is 14.1 Å². The van der Waals surface area contributed by atoms with Gasteiger partial charge in [-0.05, 0) is 12.0 Å². The van der Waals surface area contributed by atoms with Gasteiger partial charge in [0.25, 0.3) is 5.56 Å². The predicted molar refractivity (Wildman–Crippen MR) is 100 cm³/mol. The van der Waals surface area contributed by atoms with Crippen LogP contribution in [0.4, 0.5) is 5.82 Å². The second kappa shape index (κ2) is 7.58. The molecule has 1 aromatic heterocycles. The molecule has 7 nitrogen and oxygen atoms in total. The highest BCUT2D eigenvalue weighted by Crippen LogP contribution is 2.17. The number of piperazine rings is 1. The smallest absolute Gasteiger partial charge is 0.332 e. The molecule has 1 aromatic carbocycles. The van der Waals surface area contributed by atoms with Gasteiger partial charge >= 0.3 is 5.69 Å². The third kappa shape index (κ3) is 3.41. The van der Waals surface area contributed by atoms with Crippen LogP contribution in [-0.2, 0) is 20.5 Å². The Morgan fingerprint density at radius 1 is 1.00 bits per heavy atom. The third-order valence-corrected chi connectivity index (χ3v) is 4.98. The van der Waals surface area contributed by atoms with Crippen molar-refractivity contribution in [1.82, 2.24) is 14.0 Å². The molecular weight excluding hydrogens is 330 g/mol. The van der Waals surface area contributed by atoms with Gasteiger partial charge in [-0.15, -0.1) is 0 Å². The lowest BCUT2D eigenvalue weighted by Crippen LogP contribution is -2.50. The normalized spacial score (nSPS) is 15.0. The van der Waals surface area contributed by atoms with Crippen molar-refractivity contribution in [2.45, 2.75) is 6.42 Å². The molecule has 1 aliphatic rings. The van der Waals surface area contributed by atoms with E-state index in [0.29, 0.717) is 18.9 Å². The molecule has 0 amide bonds. The molecule has 136 valence electrons. The number of nitrogens with zero attached hydrogens (tertiary/aromatic N) is 5. The maximum Gasteiger partial charge on any atom is 0.332 e. The molecule has 0 saturated carbocycles. The molecule has 26 heavy (non-hydrogen) atoms. The zero-order valence-electron chi connectivity index (χ0n) is 15.2. The van der Waals surface area contributed by atoms with E-state index in [0.717, 1.165) is 30.6 Å². The third-order valence-electron chi connectivity index (χ3n) is 4.98. The van der Waals surface area contributed by atoms with Crippen LogP contribution in [0.15, 0.2) is 39.9 Å². The van der Waals surface area contributed by atoms with Gasteiger partial charge in [-0.25, -0.2) is 4.79 Å². The molecule has 0 spiro atoms. The maximum atomic E-state index is 12.3. The molecule has 3 rings (SSSR count). The maximum absolute atomic E-state index is 12.3. The monoisotopic (exact) mass is 353 g/mol. The minimum absolute atomic E-state index is 0.0346. The number of anilines is 1. The molecule has 2 aromatic rings. The van der Waals surface area contributed by atoms with E-state index in [1.54, 1.807) is 7.05 Å². The summed E-state index contributed by atoms with van der Waals surface area (Å²) in [7, 11) is 3.01. The van der Waals surface area contributed by atoms with Crippen molar-refractivity contribution < 1.29 is 0 Å². The summed E-state index contributed by atoms with van der Waals surface area (Å²) in [5, 5.41) is 9.42. The van der Waals surface area contributed by atoms with Gasteiger partial charge in [0.15, 0.2) is 5.56 Å². The topological polar surface area (TPSA) is 74.3 Å². The summed E-state index contributed by atoms with van der Waals surface area (Å²) in [5.74, 6) is 0.434. The van der Waals surface area contributed by atoms with Gasteiger partial charge in [0.2, 0.25) is 0 Å². The van der Waals surface area contributed by atoms with E-state index in [1.807, 2.05) is 29.2 Å². The lowest BCUT2D eigenvalue weighted by Gasteiger charge is -2.36. The van der Waals surface area contributed by atoms with Gasteiger partial charge in [-0.3, -0.25) is 18.8 Å². The van der Waals surface area contributed by atoms with E-state index in [1.165, 1.54) is 17.2 Å². The number of benzene rings is 1. The predicted octanol–water partition coefficient (Wildman–Crippen LogP) is 0.320. The van der Waals surface area contributed by atoms with Crippen LogP contribution in [0.1, 0.15) is 11.1 Å². The van der Waals surface area contributed by atoms with Gasteiger partial charge in [-0.1, -0.05) is 30.3 Å². The average Bonchev–Trinajstić information content (AvgIpc) is 2.68. The SMILES string of the molecule is Cn1c(N2CCN(CCc3ccccc3)CC2)c(C#N)c(=O)n(C)c1=O. The van der Waals surface area contributed by atoms with Crippen molar-refractivity contribution in [3.8, 4) is 6.07 Å². The van der Waals surface area contributed by atoms with Crippen molar-refractivity contribution >= 4 is 5.82 Å². The lowest BCUT2D eigenvalue weighted by molar-refractivity contribution is 0.259. The van der Waals surface area contributed by atoms with E-state index < -0.39 is 11.2 Å². The van der Waals surface area contributed by atoms with E-state index in [-0.39, 0.29) is 5.56 Å². The summed E-state index contributed by atoms with van der Waals surface area (Å²) in [6.07, 6.45) is 0.995. The van der Waals surface area contributed by atoms with E-state index in [2.05, 4.69) is 17.0 Å². The first-order valence-corrected chi connectivity index (χ1v) is 8.74. The van der Waals surface area contributed by atoms with Gasteiger partial charge in [0.1, 0.15) is 11.9 Å². The Morgan fingerprint density at radius 3 is 2.27 bits per heavy atom. The van der Waals surface area contributed by atoms with Crippen LogP contribution in [-0.4, -0.2) is 46.8 Å². The zero-order valence-corrected chi connectivity index (χ0v) is 15.2. The van der Waals surface area contributed by atoms with E-state index in [9.17, 15) is 14.9 Å². The quantitative estimate of drug-likeness (QED) is 0.791. The Morgan fingerprint density at radius 2 is 1.65 bits per heavy atom. The van der Waals surface area contributed by atoms with Crippen LogP contribution < -0.4 is 16.1 Å². The Hall–Kier alpha value is -2.85. The molecule has 1 saturated heterocycles. The molecule has 1 fully saturated rings. The first-order chi connectivity index (χ1) is 12.5. The Balaban J connectivity index is 1.72. The van der Waals surface area contributed by atoms with Gasteiger partial charge < -0.3 is 4.90 Å². The highest BCUT2D eigenvalue weighted by atomic mass is 16.2. The van der Waals surface area contributed by atoms with Crippen LogP contribution >= 0.6 is 0 Å². The van der Waals surface area contributed by atoms with Crippen LogP contribution in [0.2, 0.25) is 0 Å². The zero-order chi connectivity index (χ0) is 18.7. The Bertz CT molecular complexity index is 931. The van der Waals surface area contributed by atoms with Gasteiger partial charge in [-0.2, -0.15) is 5.26 Å². The minimum atomic E-state index is -0.530. The first-order valence-electron chi connectivity index (χ1n) is 8.74. The molecule has 7 heteroatoms. The fraction of sp³-hybridized carbons (Fsp3) is 0.421. The molecule has 1 aliphatic heterocycles. The fourth-order valence-corrected chi connectivity index (χ4v) is 3.42. The number of aromatic nitrogens is 2. The van der Waals surface area contributed by atoms with Crippen LogP contribution in [0.5, 0.6) is 0 Å². The summed E-state index contributed by atoms with van der Waals surface area (Å²) < 4.78 is 2.39. The molecule has 0 N–H and O–H groups in total. The van der Waals surface area contributed by atoms with Crippen molar-refractivity contribution in [1.29, 1.82) is 5.26 Å². The highest BCUT2D eigenvalue weighted by molar-refractivity contribution is 5.53. The molecule has 0 bridgehead atoms. The molecule has 0 radical (unpaired) electrons. The highest BCUT2D eigenvalue weighted by Gasteiger charge is 2.24. The second-order valence-electron chi connectivity index (χ2n) is 6.58. The van der Waals surface area contributed by atoms with Crippen LogP contribution in [0.25, 0.3) is 0 Å². The van der Waals surface area contributed by atoms with Crippen molar-refractivity contribution in [3.05, 3.63) is 62.3 Å². The largest absolute Gasteiger partial charge is 0.354 e. The van der Waals surface area contributed by atoms with E-state index in [4.69, 9.17) is 0 Å². The van der Waals surface area contributed by atoms with E-state index >= 15 is 0 Å². The number of rotatable bonds is 4. The standard InChI is InChI=1S/C19H23N5O2/c1-21-17(16(14-20)18(25)22(2)19(21)26)24-12-10-23(11-13-24)9-8-15-6-4-3-5-7-15/h3-7H,8-13H2,1-2H3. The summed E-state index contributed by atoms with van der Waals surface area (Å²) in [4.78, 5) is 28.8. The summed E-state index contributed by atoms with van der Waals surface area (Å²) in [5.41, 5.74) is 0.413. The van der Waals surface area contributed by atoms with Crippen molar-refractivity contribution in [2.75, 3.05) is 37.6 Å². The number of hydrogen-bond donors (Lipinski definition) is 0. The summed E-state index contributed by atoms with van der Waals surface area (Å²) in [6.45, 7) is 4.01. The molecule has 0 atom stereocenters. The fourth-order valence-electron chi connectivity index (χ4n) is 3.42. The molecular formula is C19H23N5O2. The lowest BCUT2D eigenvalue weighted by atomic mass is 10.1. The first kappa shape index (κ1) is 18.0. The Kier molecular flexibility index (Phi) is 5.24. The number of nitriles is 1. The minimum Gasteiger partial charge on any atom is -0.354 e. The molecule has 0 unspecified atom stereocenters. The van der Waals surface area contributed by atoms with Crippen LogP contribution in [0.3, 0.4) is 0 Å². The second-order valence-corrected chi connectivity index (χ2v) is 6.58. The summed E-state index contributed by atoms with van der Waals surface area (Å²) in [6, 6.07) is 12.4. The summed E-state index contributed by atoms with van der Waals surface area (Å²) >= 11 is 0. The van der Waals surface area contributed by atoms with Gasteiger partial charge in [0, 0.05) is 46.8 Å².